The molecule has 2 aromatic heterocycles. The third kappa shape index (κ3) is 8.17. The second-order valence-corrected chi connectivity index (χ2v) is 18.7. The van der Waals surface area contributed by atoms with Gasteiger partial charge in [-0.05, 0) is 87.0 Å². The van der Waals surface area contributed by atoms with E-state index in [4.69, 9.17) is 4.98 Å². The summed E-state index contributed by atoms with van der Waals surface area (Å²) in [7, 11) is 1.57. The summed E-state index contributed by atoms with van der Waals surface area (Å²) in [5.74, 6) is 2.10. The van der Waals surface area contributed by atoms with Crippen molar-refractivity contribution in [2.75, 3.05) is 30.0 Å². The standard InChI is InChI=1S/C43H65N5O3S/c1-10-14-16-29(12-3)26-47(27-30(13-4)17-15-11-2)41-45-37(42(6,7)8)36(52-41)21-34-28(5)35(25-44)39(50)48(38(34)49)46(9)40(51)43-22-31-18-32(23-43)20-33(19-31)24-43/h21,29-33,50H,5,10-20,22-24,26-27H2,1-4,6-9H3/b34-21-. The van der Waals surface area contributed by atoms with Crippen molar-refractivity contribution < 1.29 is 9.90 Å². The number of aromatic nitrogens is 2. The first-order valence-electron chi connectivity index (χ1n) is 20.3. The summed E-state index contributed by atoms with van der Waals surface area (Å²) >= 11 is 1.59. The zero-order valence-corrected chi connectivity index (χ0v) is 34.2. The number of aromatic hydroxyl groups is 1. The molecule has 4 saturated carbocycles. The van der Waals surface area contributed by atoms with Crippen molar-refractivity contribution in [3.63, 3.8) is 0 Å². The topological polar surface area (TPSA) is 102 Å². The molecule has 4 fully saturated rings. The van der Waals surface area contributed by atoms with Crippen LogP contribution in [0.25, 0.3) is 12.7 Å². The Morgan fingerprint density at radius 1 is 1.04 bits per heavy atom. The van der Waals surface area contributed by atoms with Gasteiger partial charge in [0.25, 0.3) is 5.56 Å². The fourth-order valence-electron chi connectivity index (χ4n) is 9.98. The number of rotatable bonds is 16. The van der Waals surface area contributed by atoms with Gasteiger partial charge in [0.1, 0.15) is 11.6 Å². The van der Waals surface area contributed by atoms with E-state index in [1.165, 1.54) is 62.8 Å². The van der Waals surface area contributed by atoms with Crippen molar-refractivity contribution >= 4 is 35.0 Å². The van der Waals surface area contributed by atoms with Crippen LogP contribution in [-0.2, 0) is 10.2 Å². The second kappa shape index (κ2) is 16.5. The predicted octanol–water partition coefficient (Wildman–Crippen LogP) is 7.97. The zero-order chi connectivity index (χ0) is 38.0. The second-order valence-electron chi connectivity index (χ2n) is 17.7. The van der Waals surface area contributed by atoms with Crippen molar-refractivity contribution in [1.29, 1.82) is 5.26 Å². The minimum absolute atomic E-state index is 0.0943. The molecule has 0 radical (unpaired) electrons. The van der Waals surface area contributed by atoms with Crippen LogP contribution in [0.4, 0.5) is 5.13 Å². The number of hydrogen-bond donors (Lipinski definition) is 1. The molecule has 286 valence electrons. The number of nitriles is 1. The van der Waals surface area contributed by atoms with Crippen LogP contribution in [-0.4, -0.2) is 40.8 Å². The molecule has 0 aliphatic heterocycles. The SMILES string of the molecule is C=c1c(C#N)c(O)n(N(C)C(=O)C23CC4CC(CC(C4)C2)C3)c(=O)/c1=C\c1sc(N(CC(CC)CCCC)CC(CC)CCCC)nc1C(C)(C)C. The Kier molecular flexibility index (Phi) is 12.7. The Hall–Kier alpha value is -3.12. The van der Waals surface area contributed by atoms with E-state index >= 15 is 0 Å². The minimum Gasteiger partial charge on any atom is -0.492 e. The summed E-state index contributed by atoms with van der Waals surface area (Å²) in [5.41, 5.74) is -0.610. The highest BCUT2D eigenvalue weighted by molar-refractivity contribution is 7.16. The minimum atomic E-state index is -0.551. The highest BCUT2D eigenvalue weighted by Gasteiger charge is 2.55. The van der Waals surface area contributed by atoms with Gasteiger partial charge in [-0.25, -0.2) is 9.99 Å². The molecule has 9 heteroatoms. The summed E-state index contributed by atoms with van der Waals surface area (Å²) < 4.78 is 1.03. The van der Waals surface area contributed by atoms with Crippen molar-refractivity contribution in [3.05, 3.63) is 36.9 Å². The number of amides is 1. The van der Waals surface area contributed by atoms with Crippen LogP contribution in [0.3, 0.4) is 0 Å². The van der Waals surface area contributed by atoms with Crippen molar-refractivity contribution in [1.82, 2.24) is 9.66 Å². The first-order valence-corrected chi connectivity index (χ1v) is 21.1. The normalized spacial score (nSPS) is 23.8. The first-order chi connectivity index (χ1) is 24.7. The monoisotopic (exact) mass is 731 g/mol. The average molecular weight is 732 g/mol. The maximum Gasteiger partial charge on any atom is 0.280 e. The van der Waals surface area contributed by atoms with Gasteiger partial charge in [0.2, 0.25) is 11.8 Å². The number of unbranched alkanes of at least 4 members (excludes halogenated alkanes) is 2. The lowest BCUT2D eigenvalue weighted by Crippen LogP contribution is -2.60. The van der Waals surface area contributed by atoms with Crippen LogP contribution in [0.15, 0.2) is 4.79 Å². The van der Waals surface area contributed by atoms with E-state index in [2.05, 4.69) is 66.0 Å². The molecule has 1 amide bonds. The van der Waals surface area contributed by atoms with E-state index in [0.717, 1.165) is 65.6 Å². The van der Waals surface area contributed by atoms with Gasteiger partial charge in [-0.1, -0.05) is 105 Å². The number of pyridine rings is 1. The van der Waals surface area contributed by atoms with Crippen molar-refractivity contribution in [2.24, 2.45) is 35.0 Å². The summed E-state index contributed by atoms with van der Waals surface area (Å²) in [6, 6.07) is 2.09. The van der Waals surface area contributed by atoms with E-state index in [-0.39, 0.29) is 27.3 Å². The van der Waals surface area contributed by atoms with Gasteiger partial charge < -0.3 is 10.0 Å². The molecule has 6 rings (SSSR count). The quantitative estimate of drug-likeness (QED) is 0.188. The molecule has 4 aliphatic rings. The average Bonchev–Trinajstić information content (AvgIpc) is 3.53. The molecule has 1 N–H and O–H groups in total. The lowest BCUT2D eigenvalue weighted by atomic mass is 9.49. The molecule has 2 unspecified atom stereocenters. The Morgan fingerprint density at radius 2 is 1.56 bits per heavy atom. The Morgan fingerprint density at radius 3 is 2.00 bits per heavy atom. The van der Waals surface area contributed by atoms with Crippen LogP contribution >= 0.6 is 11.3 Å². The van der Waals surface area contributed by atoms with Gasteiger partial charge in [-0.15, -0.1) is 0 Å². The molecule has 4 bridgehead atoms. The number of nitrogens with zero attached hydrogens (tertiary/aromatic N) is 5. The molecular formula is C43H65N5O3S. The van der Waals surface area contributed by atoms with Gasteiger partial charge in [0, 0.05) is 30.8 Å². The van der Waals surface area contributed by atoms with Crippen molar-refractivity contribution in [3.8, 4) is 11.9 Å². The molecular weight excluding hydrogens is 667 g/mol. The van der Waals surface area contributed by atoms with Gasteiger partial charge in [0.05, 0.1) is 21.2 Å². The Balaban J connectivity index is 1.62. The number of hydrogen-bond acceptors (Lipinski definition) is 7. The third-order valence-electron chi connectivity index (χ3n) is 12.6. The molecule has 0 aromatic carbocycles. The summed E-state index contributed by atoms with van der Waals surface area (Å²) in [4.78, 5) is 37.6. The van der Waals surface area contributed by atoms with Crippen LogP contribution in [0, 0.1) is 46.3 Å². The first kappa shape index (κ1) is 40.1. The van der Waals surface area contributed by atoms with E-state index in [1.807, 2.05) is 6.08 Å². The van der Waals surface area contributed by atoms with Gasteiger partial charge in [-0.2, -0.15) is 9.94 Å². The third-order valence-corrected chi connectivity index (χ3v) is 13.7. The summed E-state index contributed by atoms with van der Waals surface area (Å²) in [6.45, 7) is 21.5. The molecule has 52 heavy (non-hydrogen) atoms. The van der Waals surface area contributed by atoms with Crippen LogP contribution in [0.1, 0.15) is 154 Å². The molecule has 4 aliphatic carbocycles. The lowest BCUT2D eigenvalue weighted by molar-refractivity contribution is -0.144. The van der Waals surface area contributed by atoms with Gasteiger partial charge >= 0.3 is 0 Å². The largest absolute Gasteiger partial charge is 0.492 e. The highest BCUT2D eigenvalue weighted by atomic mass is 32.1. The Bertz CT molecular complexity index is 1740. The van der Waals surface area contributed by atoms with E-state index in [9.17, 15) is 20.0 Å². The van der Waals surface area contributed by atoms with Crippen molar-refractivity contribution in [2.45, 2.75) is 144 Å². The zero-order valence-electron chi connectivity index (χ0n) is 33.4. The summed E-state index contributed by atoms with van der Waals surface area (Å²) in [5, 5.41) is 24.3. The fraction of sp³-hybridized carbons (Fsp3) is 0.721. The fourth-order valence-corrected chi connectivity index (χ4v) is 11.2. The van der Waals surface area contributed by atoms with E-state index < -0.39 is 16.9 Å². The van der Waals surface area contributed by atoms with Gasteiger partial charge in [0.15, 0.2) is 5.13 Å². The van der Waals surface area contributed by atoms with Crippen LogP contribution in [0.5, 0.6) is 5.88 Å². The maximum absolute atomic E-state index is 14.5. The lowest BCUT2D eigenvalue weighted by Gasteiger charge is -2.56. The number of anilines is 1. The number of thiazole rings is 1. The molecule has 0 saturated heterocycles. The van der Waals surface area contributed by atoms with Gasteiger partial charge in [-0.3, -0.25) is 9.59 Å². The number of carbonyl (C=O) groups excluding carboxylic acids is 1. The number of carbonyl (C=O) groups is 1. The molecule has 2 aromatic rings. The van der Waals surface area contributed by atoms with E-state index in [1.54, 1.807) is 18.4 Å². The maximum atomic E-state index is 14.5. The molecule has 0 spiro atoms. The van der Waals surface area contributed by atoms with Crippen LogP contribution in [0.2, 0.25) is 0 Å². The molecule has 2 heterocycles. The van der Waals surface area contributed by atoms with E-state index in [0.29, 0.717) is 29.6 Å². The molecule has 2 atom stereocenters. The molecule has 8 nitrogen and oxygen atoms in total. The smallest absolute Gasteiger partial charge is 0.280 e. The Labute approximate surface area is 316 Å². The summed E-state index contributed by atoms with van der Waals surface area (Å²) in [6.07, 6.45) is 17.3. The highest BCUT2D eigenvalue weighted by Crippen LogP contribution is 2.60. The predicted molar refractivity (Wildman–Crippen MR) is 215 cm³/mol. The van der Waals surface area contributed by atoms with Crippen LogP contribution < -0.4 is 25.9 Å².